The molecule has 1 aliphatic rings. The standard InChI is InChI=1S/C9H18N2O3S/c1-3-15(13,14)11-6-4-10(5-7-11)8-9(2)12/h3-8H2,1-2H3. The summed E-state index contributed by atoms with van der Waals surface area (Å²) in [6.45, 7) is 5.94. The third-order valence-electron chi connectivity index (χ3n) is 2.54. The van der Waals surface area contributed by atoms with E-state index >= 15 is 0 Å². The number of hydrogen-bond acceptors (Lipinski definition) is 4. The van der Waals surface area contributed by atoms with Crippen molar-refractivity contribution >= 4 is 15.8 Å². The minimum absolute atomic E-state index is 0.127. The lowest BCUT2D eigenvalue weighted by Crippen LogP contribution is -2.49. The first-order valence-electron chi connectivity index (χ1n) is 5.15. The SMILES string of the molecule is CCS(=O)(=O)N1CCN(CC(C)=O)CC1. The van der Waals surface area contributed by atoms with E-state index in [1.165, 1.54) is 4.31 Å². The van der Waals surface area contributed by atoms with Crippen molar-refractivity contribution in [1.29, 1.82) is 0 Å². The van der Waals surface area contributed by atoms with Gasteiger partial charge in [0.05, 0.1) is 12.3 Å². The molecule has 1 heterocycles. The van der Waals surface area contributed by atoms with Gasteiger partial charge in [0.2, 0.25) is 10.0 Å². The molecule has 1 aliphatic heterocycles. The predicted molar refractivity (Wildman–Crippen MR) is 58.2 cm³/mol. The molecule has 0 radical (unpaired) electrons. The molecule has 1 fully saturated rings. The van der Waals surface area contributed by atoms with Crippen molar-refractivity contribution in [2.45, 2.75) is 13.8 Å². The van der Waals surface area contributed by atoms with E-state index in [-0.39, 0.29) is 11.5 Å². The highest BCUT2D eigenvalue weighted by Crippen LogP contribution is 2.07. The van der Waals surface area contributed by atoms with E-state index in [1.54, 1.807) is 13.8 Å². The fourth-order valence-corrected chi connectivity index (χ4v) is 2.75. The fraction of sp³-hybridized carbons (Fsp3) is 0.889. The van der Waals surface area contributed by atoms with E-state index in [4.69, 9.17) is 0 Å². The zero-order chi connectivity index (χ0) is 11.5. The number of carbonyl (C=O) groups is 1. The lowest BCUT2D eigenvalue weighted by atomic mass is 10.3. The Hall–Kier alpha value is -0.460. The molecule has 0 bridgehead atoms. The van der Waals surface area contributed by atoms with Gasteiger partial charge in [-0.05, 0) is 13.8 Å². The first-order chi connectivity index (χ1) is 6.95. The molecule has 0 aromatic heterocycles. The molecule has 5 nitrogen and oxygen atoms in total. The minimum atomic E-state index is -3.05. The smallest absolute Gasteiger partial charge is 0.213 e. The Labute approximate surface area is 91.1 Å². The van der Waals surface area contributed by atoms with Gasteiger partial charge in [-0.2, -0.15) is 4.31 Å². The molecule has 0 spiro atoms. The highest BCUT2D eigenvalue weighted by Gasteiger charge is 2.25. The number of rotatable bonds is 4. The summed E-state index contributed by atoms with van der Waals surface area (Å²) in [6, 6.07) is 0. The summed E-state index contributed by atoms with van der Waals surface area (Å²) in [6.07, 6.45) is 0. The molecule has 0 aromatic rings. The van der Waals surface area contributed by atoms with E-state index in [2.05, 4.69) is 0 Å². The molecular weight excluding hydrogens is 216 g/mol. The average molecular weight is 234 g/mol. The van der Waals surface area contributed by atoms with E-state index < -0.39 is 10.0 Å². The summed E-state index contributed by atoms with van der Waals surface area (Å²) in [5.41, 5.74) is 0. The van der Waals surface area contributed by atoms with Gasteiger partial charge in [-0.1, -0.05) is 0 Å². The van der Waals surface area contributed by atoms with Crippen molar-refractivity contribution < 1.29 is 13.2 Å². The van der Waals surface area contributed by atoms with Crippen molar-refractivity contribution in [2.75, 3.05) is 38.5 Å². The maximum absolute atomic E-state index is 11.5. The Morgan fingerprint density at radius 2 is 1.73 bits per heavy atom. The van der Waals surface area contributed by atoms with Gasteiger partial charge in [0, 0.05) is 26.2 Å². The van der Waals surface area contributed by atoms with Crippen LogP contribution in [0.25, 0.3) is 0 Å². The number of hydrogen-bond donors (Lipinski definition) is 0. The Kier molecular flexibility index (Phi) is 4.24. The van der Waals surface area contributed by atoms with Crippen LogP contribution in [0.15, 0.2) is 0 Å². The summed E-state index contributed by atoms with van der Waals surface area (Å²) < 4.78 is 24.6. The van der Waals surface area contributed by atoms with Crippen molar-refractivity contribution in [3.05, 3.63) is 0 Å². The van der Waals surface area contributed by atoms with Gasteiger partial charge in [-0.25, -0.2) is 8.42 Å². The van der Waals surface area contributed by atoms with Crippen LogP contribution < -0.4 is 0 Å². The molecule has 0 amide bonds. The molecule has 88 valence electrons. The van der Waals surface area contributed by atoms with E-state index in [0.29, 0.717) is 32.7 Å². The van der Waals surface area contributed by atoms with Crippen LogP contribution in [-0.4, -0.2) is 61.9 Å². The van der Waals surface area contributed by atoms with Gasteiger partial charge in [0.1, 0.15) is 5.78 Å². The maximum Gasteiger partial charge on any atom is 0.213 e. The number of Topliss-reactive ketones (excluding diaryl/α,β-unsaturated/α-hetero) is 1. The summed E-state index contributed by atoms with van der Waals surface area (Å²) >= 11 is 0. The van der Waals surface area contributed by atoms with Crippen molar-refractivity contribution in [2.24, 2.45) is 0 Å². The largest absolute Gasteiger partial charge is 0.299 e. The van der Waals surface area contributed by atoms with Gasteiger partial charge in [0.15, 0.2) is 0 Å². The maximum atomic E-state index is 11.5. The number of sulfonamides is 1. The fourth-order valence-electron chi connectivity index (χ4n) is 1.66. The molecule has 0 atom stereocenters. The molecule has 6 heteroatoms. The number of carbonyl (C=O) groups excluding carboxylic acids is 1. The summed E-state index contributed by atoms with van der Waals surface area (Å²) in [5.74, 6) is 0.279. The predicted octanol–water partition coefficient (Wildman–Crippen LogP) is -0.457. The van der Waals surface area contributed by atoms with E-state index in [0.717, 1.165) is 0 Å². The monoisotopic (exact) mass is 234 g/mol. The van der Waals surface area contributed by atoms with E-state index in [9.17, 15) is 13.2 Å². The summed E-state index contributed by atoms with van der Waals surface area (Å²) in [4.78, 5) is 12.9. The van der Waals surface area contributed by atoms with Crippen LogP contribution >= 0.6 is 0 Å². The molecule has 15 heavy (non-hydrogen) atoms. The molecule has 0 aliphatic carbocycles. The van der Waals surface area contributed by atoms with Crippen LogP contribution in [0.5, 0.6) is 0 Å². The Bertz CT molecular complexity index is 318. The second-order valence-corrected chi connectivity index (χ2v) is 6.04. The summed E-state index contributed by atoms with van der Waals surface area (Å²) in [7, 11) is -3.05. The summed E-state index contributed by atoms with van der Waals surface area (Å²) in [5, 5.41) is 0. The quantitative estimate of drug-likeness (QED) is 0.660. The molecule has 0 unspecified atom stereocenters. The van der Waals surface area contributed by atoms with Gasteiger partial charge in [0.25, 0.3) is 0 Å². The van der Waals surface area contributed by atoms with Crippen molar-refractivity contribution in [3.63, 3.8) is 0 Å². The Morgan fingerprint density at radius 1 is 1.20 bits per heavy atom. The molecule has 0 N–H and O–H groups in total. The Morgan fingerprint density at radius 3 is 2.13 bits per heavy atom. The van der Waals surface area contributed by atoms with Crippen LogP contribution in [-0.2, 0) is 14.8 Å². The van der Waals surface area contributed by atoms with Crippen molar-refractivity contribution in [3.8, 4) is 0 Å². The highest BCUT2D eigenvalue weighted by molar-refractivity contribution is 7.89. The first-order valence-corrected chi connectivity index (χ1v) is 6.76. The zero-order valence-corrected chi connectivity index (χ0v) is 10.1. The second-order valence-electron chi connectivity index (χ2n) is 3.78. The second kappa shape index (κ2) is 5.05. The lowest BCUT2D eigenvalue weighted by molar-refractivity contribution is -0.118. The van der Waals surface area contributed by atoms with Gasteiger partial charge >= 0.3 is 0 Å². The highest BCUT2D eigenvalue weighted by atomic mass is 32.2. The van der Waals surface area contributed by atoms with Gasteiger partial charge in [-0.3, -0.25) is 9.69 Å². The number of nitrogens with zero attached hydrogens (tertiary/aromatic N) is 2. The molecule has 0 saturated carbocycles. The van der Waals surface area contributed by atoms with Crippen LogP contribution in [0.1, 0.15) is 13.8 Å². The number of ketones is 1. The first kappa shape index (κ1) is 12.6. The normalized spacial score (nSPS) is 20.4. The lowest BCUT2D eigenvalue weighted by Gasteiger charge is -2.33. The third kappa shape index (κ3) is 3.55. The minimum Gasteiger partial charge on any atom is -0.299 e. The molecule has 1 saturated heterocycles. The van der Waals surface area contributed by atoms with E-state index in [1.807, 2.05) is 4.90 Å². The topological polar surface area (TPSA) is 57.7 Å². The molecule has 1 rings (SSSR count). The molecule has 0 aromatic carbocycles. The van der Waals surface area contributed by atoms with Crippen LogP contribution in [0.3, 0.4) is 0 Å². The molecular formula is C9H18N2O3S. The average Bonchev–Trinajstić information content (AvgIpc) is 2.18. The van der Waals surface area contributed by atoms with Gasteiger partial charge < -0.3 is 0 Å². The number of piperazine rings is 1. The third-order valence-corrected chi connectivity index (χ3v) is 4.42. The zero-order valence-electron chi connectivity index (χ0n) is 9.27. The van der Waals surface area contributed by atoms with Gasteiger partial charge in [-0.15, -0.1) is 0 Å². The van der Waals surface area contributed by atoms with Crippen LogP contribution in [0.2, 0.25) is 0 Å². The van der Waals surface area contributed by atoms with Crippen LogP contribution in [0, 0.1) is 0 Å². The van der Waals surface area contributed by atoms with Crippen molar-refractivity contribution in [1.82, 2.24) is 9.21 Å². The Balaban J connectivity index is 2.46. The van der Waals surface area contributed by atoms with Crippen LogP contribution in [0.4, 0.5) is 0 Å².